The van der Waals surface area contributed by atoms with Crippen molar-refractivity contribution in [3.05, 3.63) is 11.8 Å². The highest BCUT2D eigenvalue weighted by molar-refractivity contribution is 5.77. The van der Waals surface area contributed by atoms with E-state index in [1.165, 1.54) is 19.3 Å². The first-order valence-corrected chi connectivity index (χ1v) is 8.51. The number of rotatable bonds is 11. The van der Waals surface area contributed by atoms with Crippen molar-refractivity contribution in [3.63, 3.8) is 0 Å². The first kappa shape index (κ1) is 19.2. The van der Waals surface area contributed by atoms with Gasteiger partial charge in [0.25, 0.3) is 0 Å². The fraction of sp³-hybridized carbons (Fsp3) is 0.833. The summed E-state index contributed by atoms with van der Waals surface area (Å²) in [5.74, 6) is 0.855. The molecule has 0 amide bonds. The van der Waals surface area contributed by atoms with E-state index in [0.29, 0.717) is 0 Å². The van der Waals surface area contributed by atoms with Crippen molar-refractivity contribution < 1.29 is 9.53 Å². The highest BCUT2D eigenvalue weighted by Gasteiger charge is 2.35. The Hall–Kier alpha value is -0.790. The zero-order valence-corrected chi connectivity index (χ0v) is 14.3. The monoisotopic (exact) mass is 282 g/mol. The summed E-state index contributed by atoms with van der Waals surface area (Å²) in [6.07, 6.45) is 11.3. The van der Waals surface area contributed by atoms with Gasteiger partial charge in [-0.2, -0.15) is 0 Å². The highest BCUT2D eigenvalue weighted by atomic mass is 16.5. The second-order valence-corrected chi connectivity index (χ2v) is 5.62. The molecular weight excluding hydrogens is 248 g/mol. The van der Waals surface area contributed by atoms with Crippen molar-refractivity contribution in [2.24, 2.45) is 5.41 Å². The normalized spacial score (nSPS) is 12.6. The van der Waals surface area contributed by atoms with Crippen molar-refractivity contribution in [1.82, 2.24) is 0 Å². The minimum Gasteiger partial charge on any atom is -0.431 e. The van der Waals surface area contributed by atoms with Gasteiger partial charge in [-0.05, 0) is 38.2 Å². The van der Waals surface area contributed by atoms with Crippen molar-refractivity contribution >= 4 is 5.97 Å². The van der Waals surface area contributed by atoms with E-state index < -0.39 is 0 Å². The zero-order chi connectivity index (χ0) is 15.4. The predicted molar refractivity (Wildman–Crippen MR) is 86.5 cm³/mol. The molecular formula is C18H34O2. The molecule has 0 atom stereocenters. The molecule has 0 saturated carbocycles. The lowest BCUT2D eigenvalue weighted by atomic mass is 9.80. The molecule has 0 spiro atoms. The van der Waals surface area contributed by atoms with E-state index in [1.807, 2.05) is 0 Å². The molecule has 2 heteroatoms. The van der Waals surface area contributed by atoms with Gasteiger partial charge in [-0.25, -0.2) is 0 Å². The molecule has 0 unspecified atom stereocenters. The second-order valence-electron chi connectivity index (χ2n) is 5.62. The minimum absolute atomic E-state index is 0.0276. The molecule has 0 aliphatic rings. The molecule has 118 valence electrons. The Morgan fingerprint density at radius 2 is 1.55 bits per heavy atom. The Morgan fingerprint density at radius 3 is 2.00 bits per heavy atom. The Kier molecular flexibility index (Phi) is 10.5. The Morgan fingerprint density at radius 1 is 0.950 bits per heavy atom. The maximum absolute atomic E-state index is 12.5. The smallest absolute Gasteiger partial charge is 0.317 e. The van der Waals surface area contributed by atoms with Gasteiger partial charge in [-0.15, -0.1) is 0 Å². The van der Waals surface area contributed by atoms with Gasteiger partial charge in [0.05, 0.1) is 5.41 Å². The molecule has 0 fully saturated rings. The van der Waals surface area contributed by atoms with E-state index in [2.05, 4.69) is 40.7 Å². The van der Waals surface area contributed by atoms with E-state index in [0.717, 1.165) is 44.3 Å². The van der Waals surface area contributed by atoms with Crippen LogP contribution in [0.4, 0.5) is 0 Å². The molecule has 20 heavy (non-hydrogen) atoms. The van der Waals surface area contributed by atoms with Crippen LogP contribution in [0.1, 0.15) is 92.4 Å². The summed E-state index contributed by atoms with van der Waals surface area (Å²) in [7, 11) is 0. The third-order valence-corrected chi connectivity index (χ3v) is 4.40. The molecule has 0 rings (SSSR count). The van der Waals surface area contributed by atoms with Crippen molar-refractivity contribution in [3.8, 4) is 0 Å². The maximum Gasteiger partial charge on any atom is 0.317 e. The SMILES string of the molecule is CCC=C(CCCCCC)OC(=O)C(CC)(CC)CC. The Balaban J connectivity index is 4.58. The zero-order valence-electron chi connectivity index (χ0n) is 14.3. The first-order chi connectivity index (χ1) is 9.60. The molecule has 0 aliphatic carbocycles. The number of hydrogen-bond donors (Lipinski definition) is 0. The topological polar surface area (TPSA) is 26.3 Å². The molecule has 0 heterocycles. The van der Waals surface area contributed by atoms with Gasteiger partial charge in [0.15, 0.2) is 0 Å². The Labute approximate surface area is 126 Å². The van der Waals surface area contributed by atoms with Gasteiger partial charge in [0.1, 0.15) is 5.76 Å². The van der Waals surface area contributed by atoms with Crippen LogP contribution in [0.25, 0.3) is 0 Å². The van der Waals surface area contributed by atoms with Crippen LogP contribution in [-0.2, 0) is 9.53 Å². The summed E-state index contributed by atoms with van der Waals surface area (Å²) < 4.78 is 5.73. The quantitative estimate of drug-likeness (QED) is 0.263. The largest absolute Gasteiger partial charge is 0.431 e. The van der Waals surface area contributed by atoms with Crippen LogP contribution in [0.2, 0.25) is 0 Å². The summed E-state index contributed by atoms with van der Waals surface area (Å²) in [4.78, 5) is 12.5. The van der Waals surface area contributed by atoms with Gasteiger partial charge in [0, 0.05) is 6.42 Å². The molecule has 0 saturated heterocycles. The number of allylic oxidation sites excluding steroid dienone is 2. The van der Waals surface area contributed by atoms with E-state index in [1.54, 1.807) is 0 Å². The van der Waals surface area contributed by atoms with Crippen LogP contribution in [0, 0.1) is 5.41 Å². The number of ether oxygens (including phenoxy) is 1. The third kappa shape index (κ3) is 6.11. The average molecular weight is 282 g/mol. The lowest BCUT2D eigenvalue weighted by Gasteiger charge is -2.28. The fourth-order valence-corrected chi connectivity index (χ4v) is 2.56. The van der Waals surface area contributed by atoms with E-state index in [4.69, 9.17) is 4.74 Å². The molecule has 2 nitrogen and oxygen atoms in total. The first-order valence-electron chi connectivity index (χ1n) is 8.51. The molecule has 0 aromatic rings. The van der Waals surface area contributed by atoms with Gasteiger partial charge in [-0.3, -0.25) is 4.79 Å². The van der Waals surface area contributed by atoms with E-state index in [9.17, 15) is 4.79 Å². The van der Waals surface area contributed by atoms with Crippen LogP contribution in [0.5, 0.6) is 0 Å². The summed E-state index contributed by atoms with van der Waals surface area (Å²) in [6.45, 7) is 10.5. The number of unbranched alkanes of at least 4 members (excludes halogenated alkanes) is 3. The third-order valence-electron chi connectivity index (χ3n) is 4.40. The molecule has 0 radical (unpaired) electrons. The lowest BCUT2D eigenvalue weighted by molar-refractivity contribution is -0.152. The summed E-state index contributed by atoms with van der Waals surface area (Å²) in [5, 5.41) is 0. The summed E-state index contributed by atoms with van der Waals surface area (Å²) in [5.41, 5.74) is -0.295. The van der Waals surface area contributed by atoms with E-state index >= 15 is 0 Å². The number of carbonyl (C=O) groups excluding carboxylic acids is 1. The predicted octanol–water partition coefficient (Wildman–Crippen LogP) is 6.01. The van der Waals surface area contributed by atoms with Gasteiger partial charge in [0.2, 0.25) is 0 Å². The maximum atomic E-state index is 12.5. The molecule has 0 aliphatic heterocycles. The van der Waals surface area contributed by atoms with E-state index in [-0.39, 0.29) is 11.4 Å². The van der Waals surface area contributed by atoms with Gasteiger partial charge in [-0.1, -0.05) is 53.9 Å². The number of hydrogen-bond acceptors (Lipinski definition) is 2. The van der Waals surface area contributed by atoms with Crippen molar-refractivity contribution in [2.75, 3.05) is 0 Å². The summed E-state index contributed by atoms with van der Waals surface area (Å²) in [6, 6.07) is 0. The van der Waals surface area contributed by atoms with Crippen molar-refractivity contribution in [2.45, 2.75) is 92.4 Å². The van der Waals surface area contributed by atoms with Crippen LogP contribution >= 0.6 is 0 Å². The van der Waals surface area contributed by atoms with Crippen LogP contribution < -0.4 is 0 Å². The standard InChI is InChI=1S/C18H34O2/c1-6-11-12-13-15-16(14-7-2)20-17(19)18(8-3,9-4)10-5/h14H,6-13,15H2,1-5H3. The summed E-state index contributed by atoms with van der Waals surface area (Å²) >= 11 is 0. The van der Waals surface area contributed by atoms with Crippen LogP contribution in [0.15, 0.2) is 11.8 Å². The van der Waals surface area contributed by atoms with Crippen LogP contribution in [-0.4, -0.2) is 5.97 Å². The molecule has 0 N–H and O–H groups in total. The van der Waals surface area contributed by atoms with Crippen LogP contribution in [0.3, 0.4) is 0 Å². The lowest BCUT2D eigenvalue weighted by Crippen LogP contribution is -2.31. The second kappa shape index (κ2) is 10.9. The molecule has 0 aromatic heterocycles. The molecule has 0 bridgehead atoms. The highest BCUT2D eigenvalue weighted by Crippen LogP contribution is 2.33. The Bertz CT molecular complexity index is 280. The van der Waals surface area contributed by atoms with Gasteiger partial charge >= 0.3 is 5.97 Å². The fourth-order valence-electron chi connectivity index (χ4n) is 2.56. The average Bonchev–Trinajstić information content (AvgIpc) is 2.46. The number of esters is 1. The molecule has 0 aromatic carbocycles. The van der Waals surface area contributed by atoms with Crippen molar-refractivity contribution in [1.29, 1.82) is 0 Å². The number of carbonyl (C=O) groups is 1. The minimum atomic E-state index is -0.295. The van der Waals surface area contributed by atoms with Gasteiger partial charge < -0.3 is 4.74 Å².